The molecule has 76 valence electrons. The van der Waals surface area contributed by atoms with Crippen molar-refractivity contribution in [3.63, 3.8) is 0 Å². The predicted octanol–water partition coefficient (Wildman–Crippen LogP) is -0.616. The number of hydrogen-bond donors (Lipinski definition) is 2. The Morgan fingerprint density at radius 3 is 2.93 bits per heavy atom. The van der Waals surface area contributed by atoms with Crippen molar-refractivity contribution < 1.29 is 4.79 Å². The fourth-order valence-electron chi connectivity index (χ4n) is 1.57. The van der Waals surface area contributed by atoms with Crippen LogP contribution in [0.4, 0.5) is 0 Å². The second-order valence-corrected chi connectivity index (χ2v) is 3.39. The van der Waals surface area contributed by atoms with Crippen molar-refractivity contribution in [3.05, 3.63) is 18.0 Å². The maximum atomic E-state index is 11.7. The summed E-state index contributed by atoms with van der Waals surface area (Å²) in [6.07, 6.45) is 2.10. The lowest BCUT2D eigenvalue weighted by Gasteiger charge is -2.27. The molecule has 1 aliphatic rings. The van der Waals surface area contributed by atoms with Crippen LogP contribution in [-0.2, 0) is 11.2 Å². The lowest BCUT2D eigenvalue weighted by atomic mass is 10.2. The zero-order valence-corrected chi connectivity index (χ0v) is 7.99. The molecule has 1 aromatic rings. The molecule has 0 spiro atoms. The standard InChI is InChI=1S/C9H14N4O/c14-9(7-8-1-2-11-12-8)13-5-3-10-4-6-13/h1-2,10H,3-7H2,(H,11,12). The molecule has 1 aromatic heterocycles. The molecule has 1 aliphatic heterocycles. The van der Waals surface area contributed by atoms with Gasteiger partial charge in [-0.3, -0.25) is 9.89 Å². The van der Waals surface area contributed by atoms with Gasteiger partial charge in [0.25, 0.3) is 0 Å². The topological polar surface area (TPSA) is 61.0 Å². The van der Waals surface area contributed by atoms with Crippen LogP contribution in [0.1, 0.15) is 5.69 Å². The predicted molar refractivity (Wildman–Crippen MR) is 51.7 cm³/mol. The quantitative estimate of drug-likeness (QED) is 0.660. The summed E-state index contributed by atoms with van der Waals surface area (Å²) in [5.41, 5.74) is 0.883. The Bertz CT molecular complexity index is 290. The molecule has 0 bridgehead atoms. The van der Waals surface area contributed by atoms with Crippen molar-refractivity contribution in [2.24, 2.45) is 0 Å². The van der Waals surface area contributed by atoms with Crippen LogP contribution in [0.15, 0.2) is 12.3 Å². The first kappa shape index (κ1) is 9.21. The van der Waals surface area contributed by atoms with Gasteiger partial charge in [-0.15, -0.1) is 0 Å². The molecule has 14 heavy (non-hydrogen) atoms. The molecule has 2 N–H and O–H groups in total. The van der Waals surface area contributed by atoms with Crippen molar-refractivity contribution in [3.8, 4) is 0 Å². The molecular weight excluding hydrogens is 180 g/mol. The molecule has 5 nitrogen and oxygen atoms in total. The Morgan fingerprint density at radius 2 is 2.29 bits per heavy atom. The molecule has 2 rings (SSSR count). The third-order valence-corrected chi connectivity index (χ3v) is 2.37. The van der Waals surface area contributed by atoms with Crippen LogP contribution in [0.5, 0.6) is 0 Å². The van der Waals surface area contributed by atoms with Crippen LogP contribution in [0.25, 0.3) is 0 Å². The number of nitrogens with one attached hydrogen (secondary N) is 2. The van der Waals surface area contributed by atoms with E-state index in [-0.39, 0.29) is 5.91 Å². The fraction of sp³-hybridized carbons (Fsp3) is 0.556. The van der Waals surface area contributed by atoms with E-state index >= 15 is 0 Å². The minimum absolute atomic E-state index is 0.177. The van der Waals surface area contributed by atoms with Crippen LogP contribution < -0.4 is 5.32 Å². The van der Waals surface area contributed by atoms with E-state index in [0.717, 1.165) is 31.9 Å². The zero-order valence-electron chi connectivity index (χ0n) is 7.99. The molecule has 1 fully saturated rings. The maximum Gasteiger partial charge on any atom is 0.228 e. The van der Waals surface area contributed by atoms with Crippen LogP contribution in [-0.4, -0.2) is 47.2 Å². The number of carbonyl (C=O) groups excluding carboxylic acids is 1. The van der Waals surface area contributed by atoms with Gasteiger partial charge in [-0.1, -0.05) is 0 Å². The minimum Gasteiger partial charge on any atom is -0.340 e. The van der Waals surface area contributed by atoms with E-state index in [1.807, 2.05) is 11.0 Å². The third-order valence-electron chi connectivity index (χ3n) is 2.37. The summed E-state index contributed by atoms with van der Waals surface area (Å²) >= 11 is 0. The summed E-state index contributed by atoms with van der Waals surface area (Å²) in [7, 11) is 0. The average Bonchev–Trinajstić information content (AvgIpc) is 2.72. The summed E-state index contributed by atoms with van der Waals surface area (Å²) < 4.78 is 0. The molecule has 2 heterocycles. The first-order valence-electron chi connectivity index (χ1n) is 4.83. The minimum atomic E-state index is 0.177. The summed E-state index contributed by atoms with van der Waals surface area (Å²) in [5.74, 6) is 0.177. The van der Waals surface area contributed by atoms with E-state index < -0.39 is 0 Å². The van der Waals surface area contributed by atoms with Gasteiger partial charge in [-0.2, -0.15) is 5.10 Å². The molecular formula is C9H14N4O. The largest absolute Gasteiger partial charge is 0.340 e. The van der Waals surface area contributed by atoms with E-state index in [9.17, 15) is 4.79 Å². The number of amides is 1. The van der Waals surface area contributed by atoms with E-state index in [1.54, 1.807) is 6.20 Å². The van der Waals surface area contributed by atoms with Gasteiger partial charge in [-0.25, -0.2) is 0 Å². The van der Waals surface area contributed by atoms with Gasteiger partial charge in [0.1, 0.15) is 0 Å². The molecule has 0 aliphatic carbocycles. The molecule has 0 saturated carbocycles. The number of carbonyl (C=O) groups is 1. The Kier molecular flexibility index (Phi) is 2.78. The first-order chi connectivity index (χ1) is 6.86. The van der Waals surface area contributed by atoms with Crippen LogP contribution >= 0.6 is 0 Å². The number of H-pyrrole nitrogens is 1. The molecule has 5 heteroatoms. The van der Waals surface area contributed by atoms with Gasteiger partial charge in [0.15, 0.2) is 0 Å². The van der Waals surface area contributed by atoms with E-state index in [0.29, 0.717) is 6.42 Å². The Labute approximate surface area is 82.5 Å². The smallest absolute Gasteiger partial charge is 0.228 e. The van der Waals surface area contributed by atoms with Crippen molar-refractivity contribution >= 4 is 5.91 Å². The van der Waals surface area contributed by atoms with Crippen molar-refractivity contribution in [1.29, 1.82) is 0 Å². The molecule has 0 aromatic carbocycles. The second kappa shape index (κ2) is 4.23. The Balaban J connectivity index is 1.88. The lowest BCUT2D eigenvalue weighted by Crippen LogP contribution is -2.46. The highest BCUT2D eigenvalue weighted by Crippen LogP contribution is 2.00. The van der Waals surface area contributed by atoms with Gasteiger partial charge in [0.05, 0.1) is 6.42 Å². The lowest BCUT2D eigenvalue weighted by molar-refractivity contribution is -0.131. The first-order valence-corrected chi connectivity index (χ1v) is 4.83. The highest BCUT2D eigenvalue weighted by molar-refractivity contribution is 5.78. The number of nitrogens with zero attached hydrogens (tertiary/aromatic N) is 2. The molecule has 0 atom stereocenters. The Hall–Kier alpha value is -1.36. The summed E-state index contributed by atoms with van der Waals surface area (Å²) in [4.78, 5) is 13.6. The van der Waals surface area contributed by atoms with E-state index in [2.05, 4.69) is 15.5 Å². The van der Waals surface area contributed by atoms with Crippen LogP contribution in [0.2, 0.25) is 0 Å². The number of rotatable bonds is 2. The maximum absolute atomic E-state index is 11.7. The molecule has 0 radical (unpaired) electrons. The van der Waals surface area contributed by atoms with E-state index in [4.69, 9.17) is 0 Å². The van der Waals surface area contributed by atoms with Gasteiger partial charge < -0.3 is 10.2 Å². The highest BCUT2D eigenvalue weighted by atomic mass is 16.2. The van der Waals surface area contributed by atoms with E-state index in [1.165, 1.54) is 0 Å². The Morgan fingerprint density at radius 1 is 1.50 bits per heavy atom. The normalized spacial score (nSPS) is 17.0. The zero-order chi connectivity index (χ0) is 9.80. The van der Waals surface area contributed by atoms with Crippen LogP contribution in [0.3, 0.4) is 0 Å². The number of piperazine rings is 1. The van der Waals surface area contributed by atoms with Crippen molar-refractivity contribution in [2.75, 3.05) is 26.2 Å². The molecule has 1 amide bonds. The van der Waals surface area contributed by atoms with Crippen LogP contribution in [0, 0.1) is 0 Å². The fourth-order valence-corrected chi connectivity index (χ4v) is 1.57. The average molecular weight is 194 g/mol. The highest BCUT2D eigenvalue weighted by Gasteiger charge is 2.16. The summed E-state index contributed by atoms with van der Waals surface area (Å²) in [6, 6.07) is 1.83. The number of aromatic nitrogens is 2. The van der Waals surface area contributed by atoms with Gasteiger partial charge in [-0.05, 0) is 6.07 Å². The van der Waals surface area contributed by atoms with Gasteiger partial charge in [0, 0.05) is 38.1 Å². The summed E-state index contributed by atoms with van der Waals surface area (Å²) in [5, 5.41) is 9.82. The van der Waals surface area contributed by atoms with Gasteiger partial charge >= 0.3 is 0 Å². The van der Waals surface area contributed by atoms with Gasteiger partial charge in [0.2, 0.25) is 5.91 Å². The number of hydrogen-bond acceptors (Lipinski definition) is 3. The third kappa shape index (κ3) is 2.11. The monoisotopic (exact) mass is 194 g/mol. The SMILES string of the molecule is O=C(Cc1ccn[nH]1)N1CCNCC1. The summed E-state index contributed by atoms with van der Waals surface area (Å²) in [6.45, 7) is 3.42. The number of aromatic amines is 1. The molecule has 0 unspecified atom stereocenters. The second-order valence-electron chi connectivity index (χ2n) is 3.39. The molecule has 1 saturated heterocycles. The van der Waals surface area contributed by atoms with Crippen molar-refractivity contribution in [2.45, 2.75) is 6.42 Å². The van der Waals surface area contributed by atoms with Crippen molar-refractivity contribution in [1.82, 2.24) is 20.4 Å².